The van der Waals surface area contributed by atoms with Crippen molar-refractivity contribution >= 4 is 23.2 Å². The van der Waals surface area contributed by atoms with Crippen LogP contribution in [0, 0.1) is 0 Å². The second kappa shape index (κ2) is 3.94. The van der Waals surface area contributed by atoms with Gasteiger partial charge in [0, 0.05) is 5.56 Å². The Labute approximate surface area is 90.5 Å². The van der Waals surface area contributed by atoms with E-state index < -0.39 is 0 Å². The predicted octanol–water partition coefficient (Wildman–Crippen LogP) is 2.03. The summed E-state index contributed by atoms with van der Waals surface area (Å²) in [6.07, 6.45) is 3.09. The molecular weight excluding hydrogens is 223 g/mol. The van der Waals surface area contributed by atoms with Crippen LogP contribution in [0.3, 0.4) is 0 Å². The van der Waals surface area contributed by atoms with E-state index in [1.54, 1.807) is 17.1 Å². The highest BCUT2D eigenvalue weighted by atomic mass is 35.5. The third-order valence-electron chi connectivity index (χ3n) is 1.69. The number of halogens is 2. The molecule has 0 atom stereocenters. The van der Waals surface area contributed by atoms with E-state index in [1.165, 1.54) is 6.33 Å². The van der Waals surface area contributed by atoms with Crippen LogP contribution in [-0.4, -0.2) is 19.7 Å². The Morgan fingerprint density at radius 1 is 1.29 bits per heavy atom. The fraction of sp³-hybridized carbons (Fsp3) is 0.125. The summed E-state index contributed by atoms with van der Waals surface area (Å²) >= 11 is 11.6. The number of aromatic nitrogens is 4. The lowest BCUT2D eigenvalue weighted by Crippen LogP contribution is -2.01. The Morgan fingerprint density at radius 3 is 2.79 bits per heavy atom. The maximum absolute atomic E-state index is 5.89. The lowest BCUT2D eigenvalue weighted by atomic mass is 10.3. The normalized spacial score (nSPS) is 10.4. The van der Waals surface area contributed by atoms with Crippen molar-refractivity contribution in [1.29, 1.82) is 0 Å². The first-order chi connectivity index (χ1) is 6.75. The Kier molecular flexibility index (Phi) is 2.65. The van der Waals surface area contributed by atoms with Crippen LogP contribution in [-0.2, 0) is 6.54 Å². The van der Waals surface area contributed by atoms with Gasteiger partial charge in [-0.1, -0.05) is 29.3 Å². The highest BCUT2D eigenvalue weighted by molar-refractivity contribution is 6.32. The van der Waals surface area contributed by atoms with Crippen LogP contribution in [0.5, 0.6) is 0 Å². The van der Waals surface area contributed by atoms with E-state index in [1.807, 2.05) is 6.07 Å². The Hall–Kier alpha value is -1.13. The van der Waals surface area contributed by atoms with Gasteiger partial charge < -0.3 is 0 Å². The molecule has 14 heavy (non-hydrogen) atoms. The zero-order valence-electron chi connectivity index (χ0n) is 7.06. The summed E-state index contributed by atoms with van der Waals surface area (Å²) < 4.78 is 1.66. The molecule has 6 heteroatoms. The van der Waals surface area contributed by atoms with Gasteiger partial charge in [-0.05, 0) is 6.07 Å². The van der Waals surface area contributed by atoms with E-state index in [2.05, 4.69) is 15.1 Å². The summed E-state index contributed by atoms with van der Waals surface area (Å²) in [6.45, 7) is 0.545. The topological polar surface area (TPSA) is 43.6 Å². The largest absolute Gasteiger partial charge is 0.248 e. The molecule has 72 valence electrons. The minimum atomic E-state index is 0.386. The van der Waals surface area contributed by atoms with Crippen LogP contribution >= 0.6 is 23.2 Å². The van der Waals surface area contributed by atoms with E-state index >= 15 is 0 Å². The molecule has 0 spiro atoms. The second-order valence-electron chi connectivity index (χ2n) is 2.68. The standard InChI is InChI=1S/C8H6Cl2N4/c9-7-2-1-6(8(10)13-7)3-14-5-11-4-12-14/h1-2,4-5H,3H2. The molecule has 0 fully saturated rings. The number of pyridine rings is 1. The lowest BCUT2D eigenvalue weighted by Gasteiger charge is -2.02. The first-order valence-corrected chi connectivity index (χ1v) is 4.64. The molecule has 0 amide bonds. The molecule has 0 bridgehead atoms. The highest BCUT2D eigenvalue weighted by Crippen LogP contribution is 2.16. The van der Waals surface area contributed by atoms with Crippen LogP contribution in [0.25, 0.3) is 0 Å². The van der Waals surface area contributed by atoms with Crippen LogP contribution in [0.4, 0.5) is 0 Å². The maximum Gasteiger partial charge on any atom is 0.137 e. The molecule has 0 unspecified atom stereocenters. The van der Waals surface area contributed by atoms with Crippen LogP contribution in [0.2, 0.25) is 10.3 Å². The maximum atomic E-state index is 5.89. The quantitative estimate of drug-likeness (QED) is 0.740. The van der Waals surface area contributed by atoms with Gasteiger partial charge in [-0.2, -0.15) is 5.10 Å². The Bertz CT molecular complexity index is 427. The third-order valence-corrected chi connectivity index (χ3v) is 2.23. The molecular formula is C8H6Cl2N4. The Morgan fingerprint density at radius 2 is 2.14 bits per heavy atom. The van der Waals surface area contributed by atoms with Crippen molar-refractivity contribution in [2.24, 2.45) is 0 Å². The van der Waals surface area contributed by atoms with Crippen molar-refractivity contribution in [2.75, 3.05) is 0 Å². The zero-order valence-corrected chi connectivity index (χ0v) is 8.57. The summed E-state index contributed by atoms with van der Waals surface area (Å²) in [6, 6.07) is 3.51. The molecule has 2 aromatic heterocycles. The van der Waals surface area contributed by atoms with Gasteiger partial charge in [0.1, 0.15) is 23.0 Å². The number of hydrogen-bond donors (Lipinski definition) is 0. The van der Waals surface area contributed by atoms with Gasteiger partial charge in [0.15, 0.2) is 0 Å². The smallest absolute Gasteiger partial charge is 0.137 e. The van der Waals surface area contributed by atoms with Crippen molar-refractivity contribution in [3.63, 3.8) is 0 Å². The fourth-order valence-electron chi connectivity index (χ4n) is 1.05. The molecule has 0 N–H and O–H groups in total. The van der Waals surface area contributed by atoms with Gasteiger partial charge >= 0.3 is 0 Å². The van der Waals surface area contributed by atoms with E-state index in [0.717, 1.165) is 5.56 Å². The first kappa shape index (κ1) is 9.43. The lowest BCUT2D eigenvalue weighted by molar-refractivity contribution is 0.683. The van der Waals surface area contributed by atoms with Gasteiger partial charge in [-0.15, -0.1) is 0 Å². The summed E-state index contributed by atoms with van der Waals surface area (Å²) in [7, 11) is 0. The molecule has 2 heterocycles. The van der Waals surface area contributed by atoms with Crippen molar-refractivity contribution < 1.29 is 0 Å². The zero-order chi connectivity index (χ0) is 9.97. The van der Waals surface area contributed by atoms with E-state index in [-0.39, 0.29) is 0 Å². The van der Waals surface area contributed by atoms with Gasteiger partial charge in [0.25, 0.3) is 0 Å². The molecule has 0 saturated heterocycles. The van der Waals surface area contributed by atoms with Gasteiger partial charge in [-0.25, -0.2) is 14.6 Å². The number of hydrogen-bond acceptors (Lipinski definition) is 3. The minimum absolute atomic E-state index is 0.386. The van der Waals surface area contributed by atoms with Crippen LogP contribution in [0.15, 0.2) is 24.8 Å². The van der Waals surface area contributed by atoms with Crippen molar-refractivity contribution in [2.45, 2.75) is 6.54 Å². The summed E-state index contributed by atoms with van der Waals surface area (Å²) in [5.41, 5.74) is 0.863. The van der Waals surface area contributed by atoms with Gasteiger partial charge in [0.05, 0.1) is 6.54 Å². The molecule has 0 aliphatic rings. The average Bonchev–Trinajstić information content (AvgIpc) is 2.62. The van der Waals surface area contributed by atoms with Gasteiger partial charge in [0.2, 0.25) is 0 Å². The number of nitrogens with zero attached hydrogens (tertiary/aromatic N) is 4. The van der Waals surface area contributed by atoms with Gasteiger partial charge in [-0.3, -0.25) is 0 Å². The monoisotopic (exact) mass is 228 g/mol. The molecule has 0 aliphatic carbocycles. The van der Waals surface area contributed by atoms with E-state index in [9.17, 15) is 0 Å². The van der Waals surface area contributed by atoms with Crippen LogP contribution in [0.1, 0.15) is 5.56 Å². The summed E-state index contributed by atoms with van der Waals surface area (Å²) in [5.74, 6) is 0. The summed E-state index contributed by atoms with van der Waals surface area (Å²) in [5, 5.41) is 4.74. The van der Waals surface area contributed by atoms with Crippen molar-refractivity contribution in [3.05, 3.63) is 40.7 Å². The minimum Gasteiger partial charge on any atom is -0.248 e. The fourth-order valence-corrected chi connectivity index (χ4v) is 1.45. The Balaban J connectivity index is 2.25. The average molecular weight is 229 g/mol. The first-order valence-electron chi connectivity index (χ1n) is 3.89. The SMILES string of the molecule is Clc1ccc(Cn2cncn2)c(Cl)n1. The van der Waals surface area contributed by atoms with E-state index in [0.29, 0.717) is 16.9 Å². The predicted molar refractivity (Wildman–Crippen MR) is 53.4 cm³/mol. The molecule has 0 saturated carbocycles. The number of rotatable bonds is 2. The third kappa shape index (κ3) is 2.02. The second-order valence-corrected chi connectivity index (χ2v) is 3.42. The molecule has 4 nitrogen and oxygen atoms in total. The summed E-state index contributed by atoms with van der Waals surface area (Å²) in [4.78, 5) is 7.75. The highest BCUT2D eigenvalue weighted by Gasteiger charge is 2.03. The molecule has 0 radical (unpaired) electrons. The van der Waals surface area contributed by atoms with E-state index in [4.69, 9.17) is 23.2 Å². The van der Waals surface area contributed by atoms with Crippen molar-refractivity contribution in [3.8, 4) is 0 Å². The van der Waals surface area contributed by atoms with Crippen LogP contribution < -0.4 is 0 Å². The molecule has 2 aromatic rings. The molecule has 0 aliphatic heterocycles. The molecule has 0 aromatic carbocycles. The molecule has 2 rings (SSSR count). The van der Waals surface area contributed by atoms with Crippen molar-refractivity contribution in [1.82, 2.24) is 19.7 Å².